The Kier molecular flexibility index (Phi) is 6.72. The zero-order valence-electron chi connectivity index (χ0n) is 11.5. The van der Waals surface area contributed by atoms with E-state index in [1.807, 2.05) is 4.90 Å². The Morgan fingerprint density at radius 1 is 1.11 bits per heavy atom. The SMILES string of the molecule is CCOC(=O)CN(C)CC(=O)N1CCCCCC1. The Morgan fingerprint density at radius 2 is 1.72 bits per heavy atom. The molecule has 0 bridgehead atoms. The van der Waals surface area contributed by atoms with Crippen LogP contribution in [0.5, 0.6) is 0 Å². The largest absolute Gasteiger partial charge is 0.465 e. The molecule has 18 heavy (non-hydrogen) atoms. The second-order valence-electron chi connectivity index (χ2n) is 4.77. The molecule has 1 aliphatic rings. The van der Waals surface area contributed by atoms with Crippen molar-refractivity contribution in [2.45, 2.75) is 32.6 Å². The molecule has 5 heteroatoms. The van der Waals surface area contributed by atoms with Gasteiger partial charge in [-0.25, -0.2) is 0 Å². The maximum absolute atomic E-state index is 12.0. The van der Waals surface area contributed by atoms with Crippen LogP contribution in [0.25, 0.3) is 0 Å². The lowest BCUT2D eigenvalue weighted by Gasteiger charge is -2.23. The van der Waals surface area contributed by atoms with Crippen molar-refractivity contribution >= 4 is 11.9 Å². The van der Waals surface area contributed by atoms with Crippen LogP contribution in [0.4, 0.5) is 0 Å². The summed E-state index contributed by atoms with van der Waals surface area (Å²) < 4.78 is 4.85. The van der Waals surface area contributed by atoms with Crippen LogP contribution in [0.3, 0.4) is 0 Å². The van der Waals surface area contributed by atoms with Crippen LogP contribution >= 0.6 is 0 Å². The molecule has 0 aliphatic carbocycles. The first-order valence-electron chi connectivity index (χ1n) is 6.75. The van der Waals surface area contributed by atoms with Crippen LogP contribution in [0.1, 0.15) is 32.6 Å². The van der Waals surface area contributed by atoms with Gasteiger partial charge < -0.3 is 9.64 Å². The molecule has 0 aromatic carbocycles. The fourth-order valence-electron chi connectivity index (χ4n) is 2.13. The lowest BCUT2D eigenvalue weighted by atomic mass is 10.2. The van der Waals surface area contributed by atoms with Gasteiger partial charge >= 0.3 is 5.97 Å². The van der Waals surface area contributed by atoms with E-state index in [-0.39, 0.29) is 18.4 Å². The minimum absolute atomic E-state index is 0.115. The van der Waals surface area contributed by atoms with Gasteiger partial charge in [0.05, 0.1) is 19.7 Å². The van der Waals surface area contributed by atoms with Crippen molar-refractivity contribution in [1.29, 1.82) is 0 Å². The van der Waals surface area contributed by atoms with Crippen LogP contribution in [0.2, 0.25) is 0 Å². The van der Waals surface area contributed by atoms with Crippen molar-refractivity contribution < 1.29 is 14.3 Å². The molecular formula is C13H24N2O3. The first-order chi connectivity index (χ1) is 8.63. The Balaban J connectivity index is 2.31. The summed E-state index contributed by atoms with van der Waals surface area (Å²) in [6.45, 7) is 4.33. The van der Waals surface area contributed by atoms with E-state index >= 15 is 0 Å². The summed E-state index contributed by atoms with van der Waals surface area (Å²) in [4.78, 5) is 26.9. The fourth-order valence-corrected chi connectivity index (χ4v) is 2.13. The van der Waals surface area contributed by atoms with E-state index < -0.39 is 0 Å². The maximum Gasteiger partial charge on any atom is 0.320 e. The highest BCUT2D eigenvalue weighted by atomic mass is 16.5. The molecule has 0 atom stereocenters. The fraction of sp³-hybridized carbons (Fsp3) is 0.846. The Hall–Kier alpha value is -1.10. The van der Waals surface area contributed by atoms with E-state index in [1.165, 1.54) is 12.8 Å². The molecule has 0 N–H and O–H groups in total. The van der Waals surface area contributed by atoms with Gasteiger partial charge in [-0.3, -0.25) is 14.5 Å². The Bertz CT molecular complexity index is 273. The van der Waals surface area contributed by atoms with Gasteiger partial charge in [-0.1, -0.05) is 12.8 Å². The molecule has 1 heterocycles. The number of esters is 1. The molecule has 1 rings (SSSR count). The highest BCUT2D eigenvalue weighted by Gasteiger charge is 2.18. The monoisotopic (exact) mass is 256 g/mol. The average molecular weight is 256 g/mol. The van der Waals surface area contributed by atoms with Gasteiger partial charge in [0.15, 0.2) is 0 Å². The Labute approximate surface area is 109 Å². The zero-order valence-corrected chi connectivity index (χ0v) is 11.5. The van der Waals surface area contributed by atoms with Crippen molar-refractivity contribution in [2.24, 2.45) is 0 Å². The van der Waals surface area contributed by atoms with Gasteiger partial charge in [0.25, 0.3) is 0 Å². The molecule has 0 saturated carbocycles. The van der Waals surface area contributed by atoms with Crippen molar-refractivity contribution in [3.8, 4) is 0 Å². The smallest absolute Gasteiger partial charge is 0.320 e. The van der Waals surface area contributed by atoms with Crippen molar-refractivity contribution in [3.05, 3.63) is 0 Å². The van der Waals surface area contributed by atoms with Crippen LogP contribution in [0.15, 0.2) is 0 Å². The highest BCUT2D eigenvalue weighted by molar-refractivity contribution is 5.79. The molecule has 0 unspecified atom stereocenters. The van der Waals surface area contributed by atoms with Gasteiger partial charge in [-0.15, -0.1) is 0 Å². The van der Waals surface area contributed by atoms with Crippen LogP contribution in [-0.4, -0.2) is 61.5 Å². The first-order valence-corrected chi connectivity index (χ1v) is 6.75. The van der Waals surface area contributed by atoms with Crippen molar-refractivity contribution in [3.63, 3.8) is 0 Å². The second kappa shape index (κ2) is 8.08. The number of hydrogen-bond acceptors (Lipinski definition) is 4. The minimum Gasteiger partial charge on any atom is -0.465 e. The number of likely N-dealkylation sites (N-methyl/N-ethyl adjacent to an activating group) is 1. The number of carbonyl (C=O) groups is 2. The van der Waals surface area contributed by atoms with E-state index in [2.05, 4.69) is 0 Å². The highest BCUT2D eigenvalue weighted by Crippen LogP contribution is 2.09. The molecule has 1 amide bonds. The molecule has 1 aliphatic heterocycles. The van der Waals surface area contributed by atoms with Gasteiger partial charge in [-0.2, -0.15) is 0 Å². The summed E-state index contributed by atoms with van der Waals surface area (Å²) in [7, 11) is 1.77. The molecule has 104 valence electrons. The molecule has 1 saturated heterocycles. The van der Waals surface area contributed by atoms with E-state index in [9.17, 15) is 9.59 Å². The molecular weight excluding hydrogens is 232 g/mol. The van der Waals surface area contributed by atoms with Crippen molar-refractivity contribution in [1.82, 2.24) is 9.80 Å². The van der Waals surface area contributed by atoms with Gasteiger partial charge in [0, 0.05) is 13.1 Å². The predicted octanol–water partition coefficient (Wildman–Crippen LogP) is 0.884. The number of amides is 1. The van der Waals surface area contributed by atoms with Crippen LogP contribution in [0, 0.1) is 0 Å². The summed E-state index contributed by atoms with van der Waals surface area (Å²) in [5, 5.41) is 0. The standard InChI is InChI=1S/C13H24N2O3/c1-3-18-13(17)11-14(2)10-12(16)15-8-6-4-5-7-9-15/h3-11H2,1-2H3. The molecule has 0 radical (unpaired) electrons. The number of nitrogens with zero attached hydrogens (tertiary/aromatic N) is 2. The van der Waals surface area contributed by atoms with E-state index in [0.717, 1.165) is 25.9 Å². The maximum atomic E-state index is 12.0. The average Bonchev–Trinajstić information content (AvgIpc) is 2.57. The summed E-state index contributed by atoms with van der Waals surface area (Å²) in [6, 6.07) is 0. The molecule has 0 aromatic rings. The molecule has 0 spiro atoms. The molecule has 0 aromatic heterocycles. The molecule has 5 nitrogen and oxygen atoms in total. The number of carbonyl (C=O) groups excluding carboxylic acids is 2. The van der Waals surface area contributed by atoms with Crippen molar-refractivity contribution in [2.75, 3.05) is 39.8 Å². The third-order valence-electron chi connectivity index (χ3n) is 3.07. The summed E-state index contributed by atoms with van der Waals surface area (Å²) in [5.41, 5.74) is 0. The number of likely N-dealkylation sites (tertiary alicyclic amines) is 1. The van der Waals surface area contributed by atoms with Crippen LogP contribution < -0.4 is 0 Å². The third-order valence-corrected chi connectivity index (χ3v) is 3.07. The van der Waals surface area contributed by atoms with Gasteiger partial charge in [0.1, 0.15) is 0 Å². The Morgan fingerprint density at radius 3 is 2.28 bits per heavy atom. The normalized spacial score (nSPS) is 16.5. The number of rotatable bonds is 5. The van der Waals surface area contributed by atoms with E-state index in [0.29, 0.717) is 13.2 Å². The van der Waals surface area contributed by atoms with Gasteiger partial charge in [-0.05, 0) is 26.8 Å². The predicted molar refractivity (Wildman–Crippen MR) is 69.2 cm³/mol. The lowest BCUT2D eigenvalue weighted by Crippen LogP contribution is -2.41. The zero-order chi connectivity index (χ0) is 13.4. The lowest BCUT2D eigenvalue weighted by molar-refractivity contribution is -0.144. The number of hydrogen-bond donors (Lipinski definition) is 0. The van der Waals surface area contributed by atoms with Crippen LogP contribution in [-0.2, 0) is 14.3 Å². The summed E-state index contributed by atoms with van der Waals surface area (Å²) >= 11 is 0. The molecule has 1 fully saturated rings. The minimum atomic E-state index is -0.274. The summed E-state index contributed by atoms with van der Waals surface area (Å²) in [5.74, 6) is -0.160. The topological polar surface area (TPSA) is 49.9 Å². The quantitative estimate of drug-likeness (QED) is 0.685. The third kappa shape index (κ3) is 5.49. The van der Waals surface area contributed by atoms with Gasteiger partial charge in [0.2, 0.25) is 5.91 Å². The first kappa shape index (κ1) is 15.0. The number of ether oxygens (including phenoxy) is 1. The second-order valence-corrected chi connectivity index (χ2v) is 4.77. The summed E-state index contributed by atoms with van der Waals surface area (Å²) in [6.07, 6.45) is 4.60. The van der Waals surface area contributed by atoms with E-state index in [4.69, 9.17) is 4.74 Å². The van der Waals surface area contributed by atoms with E-state index in [1.54, 1.807) is 18.9 Å².